The number of allylic oxidation sites excluding steroid dienone is 1. The van der Waals surface area contributed by atoms with E-state index in [0.717, 1.165) is 24.0 Å². The normalized spacial score (nSPS) is 17.9. The maximum absolute atomic E-state index is 6.35. The van der Waals surface area contributed by atoms with Crippen LogP contribution >= 0.6 is 11.3 Å². The van der Waals surface area contributed by atoms with E-state index >= 15 is 0 Å². The van der Waals surface area contributed by atoms with Gasteiger partial charge < -0.3 is 9.47 Å². The summed E-state index contributed by atoms with van der Waals surface area (Å²) in [5.74, 6) is 2.75. The molecule has 2 nitrogen and oxygen atoms in total. The van der Waals surface area contributed by atoms with E-state index in [-0.39, 0.29) is 0 Å². The Morgan fingerprint density at radius 2 is 1.42 bits per heavy atom. The average molecular weight is 435 g/mol. The largest absolute Gasteiger partial charge is 0.493 e. The molecule has 3 heteroatoms. The zero-order valence-electron chi connectivity index (χ0n) is 19.0. The Bertz CT molecular complexity index is 1090. The first-order valence-corrected chi connectivity index (χ1v) is 12.9. The fraction of sp³-hybridized carbons (Fsp3) is 0.500. The predicted molar refractivity (Wildman–Crippen MR) is 133 cm³/mol. The Morgan fingerprint density at radius 3 is 2.13 bits per heavy atom. The first-order valence-electron chi connectivity index (χ1n) is 12.1. The molecule has 164 valence electrons. The minimum atomic E-state index is 0.721. The first kappa shape index (κ1) is 20.9. The number of hydrogen-bond acceptors (Lipinski definition) is 3. The van der Waals surface area contributed by atoms with Crippen molar-refractivity contribution in [2.24, 2.45) is 5.92 Å². The van der Waals surface area contributed by atoms with Crippen LogP contribution in [0.15, 0.2) is 36.1 Å². The number of ether oxygens (including phenoxy) is 2. The maximum Gasteiger partial charge on any atom is 0.130 e. The van der Waals surface area contributed by atoms with Crippen molar-refractivity contribution in [1.82, 2.24) is 0 Å². The van der Waals surface area contributed by atoms with Gasteiger partial charge in [0.1, 0.15) is 11.5 Å². The molecule has 0 radical (unpaired) electrons. The molecule has 0 spiro atoms. The predicted octanol–water partition coefficient (Wildman–Crippen LogP) is 8.86. The van der Waals surface area contributed by atoms with Crippen molar-refractivity contribution in [2.75, 3.05) is 6.61 Å². The quantitative estimate of drug-likeness (QED) is 0.373. The van der Waals surface area contributed by atoms with Gasteiger partial charge in [-0.15, -0.1) is 11.3 Å². The van der Waals surface area contributed by atoms with Gasteiger partial charge in [-0.1, -0.05) is 25.7 Å². The van der Waals surface area contributed by atoms with Gasteiger partial charge in [-0.3, -0.25) is 0 Å². The summed E-state index contributed by atoms with van der Waals surface area (Å²) in [5.41, 5.74) is 3.90. The van der Waals surface area contributed by atoms with E-state index < -0.39 is 0 Å². The molecule has 31 heavy (non-hydrogen) atoms. The molecule has 2 saturated carbocycles. The van der Waals surface area contributed by atoms with Gasteiger partial charge in [-0.05, 0) is 99.3 Å². The molecule has 0 N–H and O–H groups in total. The van der Waals surface area contributed by atoms with Crippen molar-refractivity contribution in [1.29, 1.82) is 0 Å². The van der Waals surface area contributed by atoms with Crippen LogP contribution in [-0.4, -0.2) is 6.61 Å². The van der Waals surface area contributed by atoms with E-state index in [2.05, 4.69) is 38.1 Å². The Morgan fingerprint density at radius 1 is 0.806 bits per heavy atom. The van der Waals surface area contributed by atoms with Crippen molar-refractivity contribution in [3.63, 3.8) is 0 Å². The molecule has 0 amide bonds. The molecule has 0 aliphatic heterocycles. The highest BCUT2D eigenvalue weighted by molar-refractivity contribution is 7.25. The second kappa shape index (κ2) is 9.24. The lowest BCUT2D eigenvalue weighted by Gasteiger charge is -2.22. The molecule has 1 heterocycles. The van der Waals surface area contributed by atoms with Crippen LogP contribution in [-0.2, 0) is 0 Å². The van der Waals surface area contributed by atoms with Crippen LogP contribution in [0, 0.1) is 19.8 Å². The summed E-state index contributed by atoms with van der Waals surface area (Å²) in [6.45, 7) is 5.19. The molecule has 0 bridgehead atoms. The van der Waals surface area contributed by atoms with Crippen molar-refractivity contribution in [2.45, 2.75) is 78.1 Å². The van der Waals surface area contributed by atoms with E-state index in [1.807, 2.05) is 17.6 Å². The van der Waals surface area contributed by atoms with Gasteiger partial charge in [0.2, 0.25) is 0 Å². The van der Waals surface area contributed by atoms with E-state index in [1.165, 1.54) is 101 Å². The van der Waals surface area contributed by atoms with Crippen LogP contribution in [0.25, 0.3) is 20.2 Å². The van der Waals surface area contributed by atoms with Crippen LogP contribution < -0.4 is 9.47 Å². The highest BCUT2D eigenvalue weighted by Crippen LogP contribution is 2.41. The lowest BCUT2D eigenvalue weighted by molar-refractivity contribution is 0.208. The summed E-state index contributed by atoms with van der Waals surface area (Å²) in [7, 11) is 0. The fourth-order valence-electron chi connectivity index (χ4n) is 5.15. The average Bonchev–Trinajstić information content (AvgIpc) is 3.13. The monoisotopic (exact) mass is 434 g/mol. The van der Waals surface area contributed by atoms with Crippen molar-refractivity contribution in [3.05, 3.63) is 47.2 Å². The number of rotatable bonds is 5. The Balaban J connectivity index is 1.43. The van der Waals surface area contributed by atoms with E-state index in [1.54, 1.807) is 0 Å². The van der Waals surface area contributed by atoms with Gasteiger partial charge >= 0.3 is 0 Å². The third-order valence-corrected chi connectivity index (χ3v) is 8.23. The molecule has 2 aliphatic rings. The van der Waals surface area contributed by atoms with Gasteiger partial charge in [-0.2, -0.15) is 0 Å². The number of benzene rings is 2. The molecular formula is C28H34O2S. The summed E-state index contributed by atoms with van der Waals surface area (Å²) < 4.78 is 15.2. The summed E-state index contributed by atoms with van der Waals surface area (Å²) >= 11 is 1.87. The fourth-order valence-corrected chi connectivity index (χ4v) is 6.41. The smallest absolute Gasteiger partial charge is 0.130 e. The molecule has 0 unspecified atom stereocenters. The van der Waals surface area contributed by atoms with Crippen LogP contribution in [0.2, 0.25) is 0 Å². The molecule has 3 aromatic rings. The zero-order chi connectivity index (χ0) is 21.2. The molecule has 2 aromatic carbocycles. The van der Waals surface area contributed by atoms with Crippen molar-refractivity contribution in [3.8, 4) is 11.5 Å². The van der Waals surface area contributed by atoms with Gasteiger partial charge in [0.05, 0.1) is 12.9 Å². The van der Waals surface area contributed by atoms with E-state index in [9.17, 15) is 0 Å². The van der Waals surface area contributed by atoms with Crippen LogP contribution in [0.4, 0.5) is 0 Å². The highest BCUT2D eigenvalue weighted by atomic mass is 32.1. The summed E-state index contributed by atoms with van der Waals surface area (Å²) in [4.78, 5) is 0. The van der Waals surface area contributed by atoms with E-state index in [0.29, 0.717) is 0 Å². The van der Waals surface area contributed by atoms with Gasteiger partial charge in [0, 0.05) is 20.2 Å². The first-order chi connectivity index (χ1) is 15.2. The Hall–Kier alpha value is -2.00. The molecular weight excluding hydrogens is 400 g/mol. The molecule has 0 atom stereocenters. The van der Waals surface area contributed by atoms with Gasteiger partial charge in [0.15, 0.2) is 0 Å². The standard InChI is InChI=1S/C28H34O2S/c1-19-13-27-23(15-25(19)29-17-21-9-5-3-6-10-21)24-16-26(20(2)14-28(24)31-27)30-18-22-11-7-4-8-12-22/h13-17,22H,3-12,18H2,1-2H3. The third-order valence-electron chi connectivity index (χ3n) is 7.11. The minimum Gasteiger partial charge on any atom is -0.493 e. The Labute approximate surface area is 190 Å². The minimum absolute atomic E-state index is 0.721. The SMILES string of the molecule is Cc1cc2sc3cc(C)c(OCC4CCCCC4)cc3c2cc1OC=C1CCCCC1. The summed E-state index contributed by atoms with van der Waals surface area (Å²) in [6.07, 6.45) is 15.1. The number of hydrogen-bond donors (Lipinski definition) is 0. The zero-order valence-corrected chi connectivity index (χ0v) is 19.8. The van der Waals surface area contributed by atoms with Crippen LogP contribution in [0.1, 0.15) is 75.3 Å². The van der Waals surface area contributed by atoms with Crippen LogP contribution in [0.5, 0.6) is 11.5 Å². The third kappa shape index (κ3) is 4.62. The van der Waals surface area contributed by atoms with Crippen molar-refractivity contribution >= 4 is 31.5 Å². The molecule has 2 fully saturated rings. The maximum atomic E-state index is 6.35. The summed E-state index contributed by atoms with van der Waals surface area (Å²) in [5, 5.41) is 2.57. The highest BCUT2D eigenvalue weighted by Gasteiger charge is 2.16. The van der Waals surface area contributed by atoms with Gasteiger partial charge in [-0.25, -0.2) is 0 Å². The van der Waals surface area contributed by atoms with Gasteiger partial charge in [0.25, 0.3) is 0 Å². The van der Waals surface area contributed by atoms with Crippen molar-refractivity contribution < 1.29 is 9.47 Å². The Kier molecular flexibility index (Phi) is 6.22. The topological polar surface area (TPSA) is 18.5 Å². The number of thiophene rings is 1. The lowest BCUT2D eigenvalue weighted by atomic mass is 9.90. The summed E-state index contributed by atoms with van der Waals surface area (Å²) in [6, 6.07) is 9.09. The van der Waals surface area contributed by atoms with E-state index in [4.69, 9.17) is 9.47 Å². The second-order valence-electron chi connectivity index (χ2n) is 9.60. The lowest BCUT2D eigenvalue weighted by Crippen LogP contribution is -2.15. The number of fused-ring (bicyclic) bond motifs is 3. The molecule has 0 saturated heterocycles. The molecule has 1 aromatic heterocycles. The number of aryl methyl sites for hydroxylation is 2. The molecule has 5 rings (SSSR count). The van der Waals surface area contributed by atoms with Crippen LogP contribution in [0.3, 0.4) is 0 Å². The molecule has 2 aliphatic carbocycles. The second-order valence-corrected chi connectivity index (χ2v) is 10.7.